The fourth-order valence-corrected chi connectivity index (χ4v) is 3.63. The maximum atomic E-state index is 12.1. The molecule has 1 aliphatic heterocycles. The van der Waals surface area contributed by atoms with Crippen LogP contribution in [0.25, 0.3) is 0 Å². The Morgan fingerprint density at radius 3 is 2.06 bits per heavy atom. The van der Waals surface area contributed by atoms with Crippen LogP contribution < -0.4 is 10.6 Å². The molecule has 0 radical (unpaired) electrons. The normalized spacial score (nSPS) is 18.9. The lowest BCUT2D eigenvalue weighted by Crippen LogP contribution is -2.56. The number of unbranched alkanes of at least 4 members (excludes halogenated alkanes) is 10. The molecular formula is C24H44N2O5. The van der Waals surface area contributed by atoms with Crippen molar-refractivity contribution in [1.82, 2.24) is 10.6 Å². The number of piperidine rings is 1. The van der Waals surface area contributed by atoms with Crippen LogP contribution in [0.2, 0.25) is 0 Å². The maximum absolute atomic E-state index is 12.1. The van der Waals surface area contributed by atoms with Crippen molar-refractivity contribution in [1.29, 1.82) is 0 Å². The number of carbonyl (C=O) groups excluding carboxylic acids is 3. The second kappa shape index (κ2) is 15.1. The van der Waals surface area contributed by atoms with Gasteiger partial charge in [0, 0.05) is 12.8 Å². The van der Waals surface area contributed by atoms with E-state index < -0.39 is 23.8 Å². The summed E-state index contributed by atoms with van der Waals surface area (Å²) in [5.74, 6) is -0.531. The van der Waals surface area contributed by atoms with Crippen molar-refractivity contribution < 1.29 is 23.9 Å². The van der Waals surface area contributed by atoms with Crippen molar-refractivity contribution in [3.63, 3.8) is 0 Å². The van der Waals surface area contributed by atoms with E-state index in [9.17, 15) is 14.4 Å². The Kier molecular flexibility index (Phi) is 13.3. The van der Waals surface area contributed by atoms with Crippen LogP contribution >= 0.6 is 0 Å². The van der Waals surface area contributed by atoms with E-state index in [1.807, 2.05) is 0 Å². The molecule has 1 fully saturated rings. The average Bonchev–Trinajstić information content (AvgIpc) is 2.67. The molecule has 2 amide bonds. The van der Waals surface area contributed by atoms with Gasteiger partial charge in [-0.3, -0.25) is 9.59 Å². The molecule has 0 unspecified atom stereocenters. The summed E-state index contributed by atoms with van der Waals surface area (Å²) in [6.07, 6.45) is 13.1. The summed E-state index contributed by atoms with van der Waals surface area (Å²) >= 11 is 0. The molecule has 7 nitrogen and oxygen atoms in total. The number of ether oxygens (including phenoxy) is 2. The van der Waals surface area contributed by atoms with Crippen molar-refractivity contribution in [3.8, 4) is 0 Å². The number of nitrogens with one attached hydrogen (secondary N) is 2. The van der Waals surface area contributed by atoms with Gasteiger partial charge in [-0.25, -0.2) is 4.79 Å². The van der Waals surface area contributed by atoms with Gasteiger partial charge in [0.25, 0.3) is 0 Å². The van der Waals surface area contributed by atoms with E-state index in [4.69, 9.17) is 9.47 Å². The van der Waals surface area contributed by atoms with E-state index in [0.717, 1.165) is 19.3 Å². The predicted molar refractivity (Wildman–Crippen MR) is 122 cm³/mol. The maximum Gasteiger partial charge on any atom is 0.408 e. The molecule has 0 bridgehead atoms. The first-order valence-corrected chi connectivity index (χ1v) is 12.2. The summed E-state index contributed by atoms with van der Waals surface area (Å²) in [6.45, 7) is 7.78. The first-order chi connectivity index (χ1) is 14.7. The molecule has 2 N–H and O–H groups in total. The lowest BCUT2D eigenvalue weighted by Gasteiger charge is -2.30. The highest BCUT2D eigenvalue weighted by atomic mass is 16.6. The third-order valence-electron chi connectivity index (χ3n) is 5.29. The lowest BCUT2D eigenvalue weighted by atomic mass is 10.0. The monoisotopic (exact) mass is 440 g/mol. The van der Waals surface area contributed by atoms with Gasteiger partial charge in [0.2, 0.25) is 5.91 Å². The average molecular weight is 441 g/mol. The quantitative estimate of drug-likeness (QED) is 0.292. The number of alkyl carbamates (subject to hydrolysis) is 1. The van der Waals surface area contributed by atoms with Gasteiger partial charge in [0.15, 0.2) is 0 Å². The number of esters is 1. The summed E-state index contributed by atoms with van der Waals surface area (Å²) in [6, 6.07) is -0.761. The Labute approximate surface area is 188 Å². The van der Waals surface area contributed by atoms with Crippen molar-refractivity contribution in [3.05, 3.63) is 0 Å². The molecule has 0 aliphatic carbocycles. The van der Waals surface area contributed by atoms with Crippen molar-refractivity contribution in [2.75, 3.05) is 6.54 Å². The van der Waals surface area contributed by atoms with Crippen LogP contribution in [0.4, 0.5) is 4.79 Å². The third kappa shape index (κ3) is 14.0. The molecule has 0 aromatic heterocycles. The highest BCUT2D eigenvalue weighted by molar-refractivity contribution is 5.86. The number of hydrogen-bond donors (Lipinski definition) is 2. The number of amides is 2. The van der Waals surface area contributed by atoms with E-state index in [0.29, 0.717) is 6.42 Å². The number of carbonyl (C=O) groups is 3. The summed E-state index contributed by atoms with van der Waals surface area (Å²) < 4.78 is 10.7. The molecule has 0 saturated carbocycles. The Morgan fingerprint density at radius 1 is 0.968 bits per heavy atom. The molecule has 0 spiro atoms. The summed E-state index contributed by atoms with van der Waals surface area (Å²) in [5, 5.41) is 5.24. The Bertz CT molecular complexity index is 545. The molecule has 1 aliphatic rings. The topological polar surface area (TPSA) is 93.7 Å². The molecule has 1 rings (SSSR count). The van der Waals surface area contributed by atoms with Crippen LogP contribution in [0.5, 0.6) is 0 Å². The van der Waals surface area contributed by atoms with Gasteiger partial charge in [0.1, 0.15) is 17.7 Å². The highest BCUT2D eigenvalue weighted by Crippen LogP contribution is 2.14. The van der Waals surface area contributed by atoms with Crippen molar-refractivity contribution >= 4 is 18.0 Å². The molecule has 0 aromatic rings. The van der Waals surface area contributed by atoms with E-state index in [1.165, 1.54) is 51.4 Å². The van der Waals surface area contributed by atoms with Crippen LogP contribution in [0, 0.1) is 0 Å². The molecule has 31 heavy (non-hydrogen) atoms. The standard InChI is InChI=1S/C24H44N2O5/c1-5-6-7-8-9-10-11-12-13-14-15-16-21(27)30-19-17-20(22(28)25-18-19)26-23(29)31-24(2,3)4/h19-20H,5-18H2,1-4H3,(H,25,28)(H,26,29)/t19-,20-/m0/s1. The lowest BCUT2D eigenvalue weighted by molar-refractivity contribution is -0.152. The van der Waals surface area contributed by atoms with E-state index in [1.54, 1.807) is 20.8 Å². The van der Waals surface area contributed by atoms with Crippen molar-refractivity contribution in [2.45, 2.75) is 129 Å². The van der Waals surface area contributed by atoms with Crippen molar-refractivity contribution in [2.24, 2.45) is 0 Å². The summed E-state index contributed by atoms with van der Waals surface area (Å²) in [4.78, 5) is 36.0. The van der Waals surface area contributed by atoms with Gasteiger partial charge in [-0.05, 0) is 27.2 Å². The third-order valence-corrected chi connectivity index (χ3v) is 5.29. The number of hydrogen-bond acceptors (Lipinski definition) is 5. The Hall–Kier alpha value is -1.79. The van der Waals surface area contributed by atoms with E-state index in [2.05, 4.69) is 17.6 Å². The van der Waals surface area contributed by atoms with E-state index in [-0.39, 0.29) is 24.8 Å². The fraction of sp³-hybridized carbons (Fsp3) is 0.875. The molecule has 2 atom stereocenters. The Balaban J connectivity index is 2.13. The summed E-state index contributed by atoms with van der Waals surface area (Å²) in [7, 11) is 0. The fourth-order valence-electron chi connectivity index (χ4n) is 3.63. The van der Waals surface area contributed by atoms with Crippen LogP contribution in [0.1, 0.15) is 111 Å². The van der Waals surface area contributed by atoms with Crippen LogP contribution in [-0.4, -0.2) is 42.3 Å². The zero-order chi connectivity index (χ0) is 23.1. The minimum atomic E-state index is -0.761. The second-order valence-electron chi connectivity index (χ2n) is 9.58. The van der Waals surface area contributed by atoms with Gasteiger partial charge in [-0.15, -0.1) is 0 Å². The minimum absolute atomic E-state index is 0.243. The van der Waals surface area contributed by atoms with Crippen LogP contribution in [0.3, 0.4) is 0 Å². The van der Waals surface area contributed by atoms with Gasteiger partial charge >= 0.3 is 12.1 Å². The summed E-state index contributed by atoms with van der Waals surface area (Å²) in [5.41, 5.74) is -0.643. The van der Waals surface area contributed by atoms with Gasteiger partial charge in [-0.1, -0.05) is 71.1 Å². The highest BCUT2D eigenvalue weighted by Gasteiger charge is 2.32. The van der Waals surface area contributed by atoms with Gasteiger partial charge in [-0.2, -0.15) is 0 Å². The SMILES string of the molecule is CCCCCCCCCCCCCC(=O)O[C@@H]1CNC(=O)[C@@H](NC(=O)OC(C)(C)C)C1. The predicted octanol–water partition coefficient (Wildman–Crippen LogP) is 5.01. The molecule has 180 valence electrons. The molecule has 1 heterocycles. The largest absolute Gasteiger partial charge is 0.460 e. The molecule has 1 saturated heterocycles. The smallest absolute Gasteiger partial charge is 0.408 e. The Morgan fingerprint density at radius 2 is 1.52 bits per heavy atom. The first-order valence-electron chi connectivity index (χ1n) is 12.2. The van der Waals surface area contributed by atoms with Crippen LogP contribution in [-0.2, 0) is 19.1 Å². The number of rotatable bonds is 14. The first kappa shape index (κ1) is 27.2. The van der Waals surface area contributed by atoms with Crippen LogP contribution in [0.15, 0.2) is 0 Å². The molecular weight excluding hydrogens is 396 g/mol. The molecule has 7 heteroatoms. The molecule has 0 aromatic carbocycles. The minimum Gasteiger partial charge on any atom is -0.460 e. The van der Waals surface area contributed by atoms with E-state index >= 15 is 0 Å². The van der Waals surface area contributed by atoms with Gasteiger partial charge in [0.05, 0.1) is 6.54 Å². The zero-order valence-corrected chi connectivity index (χ0v) is 20.1. The zero-order valence-electron chi connectivity index (χ0n) is 20.1. The van der Waals surface area contributed by atoms with Gasteiger partial charge < -0.3 is 20.1 Å². The second-order valence-corrected chi connectivity index (χ2v) is 9.58.